The molecule has 0 aliphatic rings. The number of halogens is 1. The molecule has 0 saturated heterocycles. The maximum Gasteiger partial charge on any atom is 0.269 e. The van der Waals surface area contributed by atoms with E-state index >= 15 is 0 Å². The lowest BCUT2D eigenvalue weighted by molar-refractivity contribution is 0.0846. The molecule has 0 unspecified atom stereocenters. The Hall–Kier alpha value is -3.87. The van der Waals surface area contributed by atoms with Crippen LogP contribution in [0.3, 0.4) is 0 Å². The van der Waals surface area contributed by atoms with Crippen LogP contribution in [0.5, 0.6) is 17.2 Å². The van der Waals surface area contributed by atoms with Crippen LogP contribution in [0.1, 0.15) is 20.7 Å². The van der Waals surface area contributed by atoms with Crippen molar-refractivity contribution in [2.45, 2.75) is 0 Å². The van der Waals surface area contributed by atoms with Crippen LogP contribution >= 0.6 is 0 Å². The molecule has 28 heavy (non-hydrogen) atoms. The Kier molecular flexibility index (Phi) is 5.86. The van der Waals surface area contributed by atoms with Crippen LogP contribution in [0, 0.1) is 5.82 Å². The fourth-order valence-corrected chi connectivity index (χ4v) is 2.31. The molecule has 0 atom stereocenters. The predicted molar refractivity (Wildman–Crippen MR) is 101 cm³/mol. The van der Waals surface area contributed by atoms with Gasteiger partial charge >= 0.3 is 0 Å². The molecule has 6 nitrogen and oxygen atoms in total. The lowest BCUT2D eigenvalue weighted by Crippen LogP contribution is -2.41. The molecule has 0 aliphatic heterocycles. The van der Waals surface area contributed by atoms with Crippen molar-refractivity contribution in [3.05, 3.63) is 89.7 Å². The number of carbonyl (C=O) groups excluding carboxylic acids is 2. The van der Waals surface area contributed by atoms with Gasteiger partial charge < -0.3 is 9.47 Å². The molecule has 0 spiro atoms. The SMILES string of the molecule is COc1ccc(C(=O)NNC(=O)c2ccc(Oc3ccc(F)cc3)cc2)cc1. The van der Waals surface area contributed by atoms with Crippen molar-refractivity contribution in [2.24, 2.45) is 0 Å². The van der Waals surface area contributed by atoms with Crippen molar-refractivity contribution in [1.82, 2.24) is 10.9 Å². The fraction of sp³-hybridized carbons (Fsp3) is 0.0476. The zero-order valence-electron chi connectivity index (χ0n) is 14.9. The second kappa shape index (κ2) is 8.68. The molecule has 2 amide bonds. The van der Waals surface area contributed by atoms with E-state index in [2.05, 4.69) is 10.9 Å². The third-order valence-electron chi connectivity index (χ3n) is 3.81. The largest absolute Gasteiger partial charge is 0.497 e. The summed E-state index contributed by atoms with van der Waals surface area (Å²) in [7, 11) is 1.53. The molecule has 0 aromatic heterocycles. The van der Waals surface area contributed by atoms with E-state index < -0.39 is 11.8 Å². The van der Waals surface area contributed by atoms with Gasteiger partial charge in [0.05, 0.1) is 7.11 Å². The van der Waals surface area contributed by atoms with Crippen LogP contribution in [0.25, 0.3) is 0 Å². The van der Waals surface area contributed by atoms with Crippen LogP contribution in [0.15, 0.2) is 72.8 Å². The van der Waals surface area contributed by atoms with E-state index in [1.165, 1.54) is 31.4 Å². The van der Waals surface area contributed by atoms with E-state index in [4.69, 9.17) is 9.47 Å². The number of hydrazine groups is 1. The molecule has 3 aromatic rings. The summed E-state index contributed by atoms with van der Waals surface area (Å²) >= 11 is 0. The molecule has 7 heteroatoms. The summed E-state index contributed by atoms with van der Waals surface area (Å²) in [5, 5.41) is 0. The van der Waals surface area contributed by atoms with E-state index in [0.29, 0.717) is 28.4 Å². The van der Waals surface area contributed by atoms with Crippen LogP contribution in [0.4, 0.5) is 4.39 Å². The van der Waals surface area contributed by atoms with E-state index in [1.807, 2.05) is 0 Å². The number of carbonyl (C=O) groups is 2. The van der Waals surface area contributed by atoms with Gasteiger partial charge in [0, 0.05) is 11.1 Å². The molecule has 3 aromatic carbocycles. The average molecular weight is 380 g/mol. The van der Waals surface area contributed by atoms with Crippen molar-refractivity contribution in [2.75, 3.05) is 7.11 Å². The highest BCUT2D eigenvalue weighted by atomic mass is 19.1. The Morgan fingerprint density at radius 1 is 0.679 bits per heavy atom. The highest BCUT2D eigenvalue weighted by Crippen LogP contribution is 2.21. The Bertz CT molecular complexity index is 955. The highest BCUT2D eigenvalue weighted by molar-refractivity contribution is 5.99. The van der Waals surface area contributed by atoms with Gasteiger partial charge in [-0.3, -0.25) is 20.4 Å². The van der Waals surface area contributed by atoms with Crippen LogP contribution in [-0.4, -0.2) is 18.9 Å². The van der Waals surface area contributed by atoms with Gasteiger partial charge in [0.15, 0.2) is 0 Å². The van der Waals surface area contributed by atoms with E-state index in [0.717, 1.165) is 0 Å². The minimum absolute atomic E-state index is 0.335. The number of ether oxygens (including phenoxy) is 2. The predicted octanol–water partition coefficient (Wildman–Crippen LogP) is 3.70. The standard InChI is InChI=1S/C21H17FN2O4/c1-27-17-8-2-14(3-9-17)20(25)23-24-21(26)15-4-10-18(11-5-15)28-19-12-6-16(22)7-13-19/h2-13H,1H3,(H,23,25)(H,24,26). The van der Waals surface area contributed by atoms with Crippen molar-refractivity contribution >= 4 is 11.8 Å². The van der Waals surface area contributed by atoms with E-state index in [-0.39, 0.29) is 5.82 Å². The first-order chi connectivity index (χ1) is 13.5. The summed E-state index contributed by atoms with van der Waals surface area (Å²) in [4.78, 5) is 24.2. The van der Waals surface area contributed by atoms with Gasteiger partial charge in [0.2, 0.25) is 0 Å². The summed E-state index contributed by atoms with van der Waals surface area (Å²) in [6.07, 6.45) is 0. The molecule has 3 rings (SSSR count). The number of amides is 2. The highest BCUT2D eigenvalue weighted by Gasteiger charge is 2.10. The van der Waals surface area contributed by atoms with Gasteiger partial charge in [0.1, 0.15) is 23.1 Å². The summed E-state index contributed by atoms with van der Waals surface area (Å²) in [5.41, 5.74) is 5.41. The molecule has 0 aliphatic carbocycles. The van der Waals surface area contributed by atoms with Crippen LogP contribution in [-0.2, 0) is 0 Å². The first-order valence-electron chi connectivity index (χ1n) is 8.33. The zero-order valence-corrected chi connectivity index (χ0v) is 14.9. The Morgan fingerprint density at radius 2 is 1.07 bits per heavy atom. The van der Waals surface area contributed by atoms with Gasteiger partial charge in [-0.2, -0.15) is 0 Å². The normalized spacial score (nSPS) is 10.1. The van der Waals surface area contributed by atoms with Gasteiger partial charge in [-0.1, -0.05) is 0 Å². The molecule has 0 radical (unpaired) electrons. The zero-order chi connectivity index (χ0) is 19.9. The number of methoxy groups -OCH3 is 1. The lowest BCUT2D eigenvalue weighted by Gasteiger charge is -2.09. The average Bonchev–Trinajstić information content (AvgIpc) is 2.74. The summed E-state index contributed by atoms with van der Waals surface area (Å²) in [6, 6.07) is 18.4. The topological polar surface area (TPSA) is 76.7 Å². The Balaban J connectivity index is 1.55. The molecule has 0 heterocycles. The molecular formula is C21H17FN2O4. The van der Waals surface area contributed by atoms with Crippen molar-refractivity contribution < 1.29 is 23.5 Å². The van der Waals surface area contributed by atoms with Gasteiger partial charge in [-0.05, 0) is 72.8 Å². The number of hydrogen-bond donors (Lipinski definition) is 2. The monoisotopic (exact) mass is 380 g/mol. The molecule has 0 fully saturated rings. The van der Waals surface area contributed by atoms with Crippen LogP contribution < -0.4 is 20.3 Å². The third kappa shape index (κ3) is 4.85. The minimum atomic E-state index is -0.477. The number of benzene rings is 3. The minimum Gasteiger partial charge on any atom is -0.497 e. The smallest absolute Gasteiger partial charge is 0.269 e. The maximum atomic E-state index is 12.9. The van der Waals surface area contributed by atoms with E-state index in [9.17, 15) is 14.0 Å². The summed E-state index contributed by atoms with van der Waals surface area (Å²) in [6.45, 7) is 0. The second-order valence-corrected chi connectivity index (χ2v) is 5.72. The fourth-order valence-electron chi connectivity index (χ4n) is 2.31. The Labute approximate surface area is 160 Å². The van der Waals surface area contributed by atoms with Crippen molar-refractivity contribution in [1.29, 1.82) is 0 Å². The Morgan fingerprint density at radius 3 is 1.50 bits per heavy atom. The second-order valence-electron chi connectivity index (χ2n) is 5.72. The quantitative estimate of drug-likeness (QED) is 0.662. The third-order valence-corrected chi connectivity index (χ3v) is 3.81. The molecular weight excluding hydrogens is 363 g/mol. The number of hydrogen-bond acceptors (Lipinski definition) is 4. The number of nitrogens with one attached hydrogen (secondary N) is 2. The maximum absolute atomic E-state index is 12.9. The lowest BCUT2D eigenvalue weighted by atomic mass is 10.2. The van der Waals surface area contributed by atoms with Gasteiger partial charge in [0.25, 0.3) is 11.8 Å². The van der Waals surface area contributed by atoms with E-state index in [1.54, 1.807) is 48.5 Å². The first-order valence-corrected chi connectivity index (χ1v) is 8.33. The molecule has 2 N–H and O–H groups in total. The van der Waals surface area contributed by atoms with Crippen molar-refractivity contribution in [3.63, 3.8) is 0 Å². The van der Waals surface area contributed by atoms with Gasteiger partial charge in [-0.25, -0.2) is 4.39 Å². The molecule has 0 bridgehead atoms. The summed E-state index contributed by atoms with van der Waals surface area (Å²) < 4.78 is 23.5. The van der Waals surface area contributed by atoms with Crippen LogP contribution in [0.2, 0.25) is 0 Å². The molecule has 0 saturated carbocycles. The van der Waals surface area contributed by atoms with Crippen molar-refractivity contribution in [3.8, 4) is 17.2 Å². The van der Waals surface area contributed by atoms with Gasteiger partial charge in [-0.15, -0.1) is 0 Å². The first kappa shape index (κ1) is 18.9. The molecule has 142 valence electrons. The summed E-state index contributed by atoms with van der Waals surface area (Å²) in [5.74, 6) is 0.317. The number of rotatable bonds is 5.